The second kappa shape index (κ2) is 5.96. The summed E-state index contributed by atoms with van der Waals surface area (Å²) in [6.45, 7) is 8.93. The Morgan fingerprint density at radius 2 is 1.44 bits per heavy atom. The summed E-state index contributed by atoms with van der Waals surface area (Å²) in [5.74, 6) is 0. The van der Waals surface area contributed by atoms with Crippen molar-refractivity contribution in [3.05, 3.63) is 77.9 Å². The average Bonchev–Trinajstić information content (AvgIpc) is 2.59. The predicted octanol–water partition coefficient (Wildman–Crippen LogP) is 7.23. The first-order valence-electron chi connectivity index (χ1n) is 8.72. The number of fused-ring (bicyclic) bond motifs is 2. The maximum absolute atomic E-state index is 2.38. The van der Waals surface area contributed by atoms with Crippen molar-refractivity contribution in [2.75, 3.05) is 4.90 Å². The molecule has 2 heteroatoms. The van der Waals surface area contributed by atoms with Gasteiger partial charge < -0.3 is 4.90 Å². The van der Waals surface area contributed by atoms with Gasteiger partial charge in [0.25, 0.3) is 0 Å². The minimum absolute atomic E-state index is 0.170. The van der Waals surface area contributed by atoms with Crippen molar-refractivity contribution in [1.29, 1.82) is 0 Å². The fraction of sp³-hybridized carbons (Fsp3) is 0.217. The minimum atomic E-state index is 0.170. The molecule has 0 spiro atoms. The van der Waals surface area contributed by atoms with Crippen LogP contribution in [0.5, 0.6) is 0 Å². The number of para-hydroxylation sites is 1. The number of hydrogen-bond acceptors (Lipinski definition) is 2. The van der Waals surface area contributed by atoms with Crippen LogP contribution in [0.2, 0.25) is 0 Å². The van der Waals surface area contributed by atoms with E-state index in [4.69, 9.17) is 0 Å². The lowest BCUT2D eigenvalue weighted by Gasteiger charge is -2.33. The second-order valence-electron chi connectivity index (χ2n) is 7.67. The van der Waals surface area contributed by atoms with E-state index in [0.29, 0.717) is 0 Å². The molecule has 0 saturated heterocycles. The molecule has 1 aliphatic rings. The van der Waals surface area contributed by atoms with Gasteiger partial charge in [-0.05, 0) is 59.9 Å². The lowest BCUT2D eigenvalue weighted by molar-refractivity contribution is 0.590. The fourth-order valence-electron chi connectivity index (χ4n) is 3.25. The van der Waals surface area contributed by atoms with Crippen molar-refractivity contribution in [3.63, 3.8) is 0 Å². The first-order valence-corrected chi connectivity index (χ1v) is 9.53. The largest absolute Gasteiger partial charge is 0.308 e. The summed E-state index contributed by atoms with van der Waals surface area (Å²) < 4.78 is 0. The van der Waals surface area contributed by atoms with Crippen LogP contribution in [0, 0.1) is 6.92 Å². The molecule has 3 aromatic carbocycles. The van der Waals surface area contributed by atoms with E-state index in [1.807, 2.05) is 11.8 Å². The standard InChI is InChI=1S/C23H23NS/c1-16-9-14-20-22(15-16)25-21-8-6-5-7-19(21)24(20)18-12-10-17(11-13-18)23(2,3)4/h5-15H,1-4H3. The molecule has 0 N–H and O–H groups in total. The van der Waals surface area contributed by atoms with Crippen molar-refractivity contribution in [2.24, 2.45) is 0 Å². The zero-order valence-corrected chi connectivity index (χ0v) is 16.0. The highest BCUT2D eigenvalue weighted by atomic mass is 32.2. The zero-order chi connectivity index (χ0) is 17.6. The Morgan fingerprint density at radius 1 is 0.760 bits per heavy atom. The van der Waals surface area contributed by atoms with Crippen LogP contribution in [0.4, 0.5) is 17.1 Å². The van der Waals surface area contributed by atoms with E-state index in [-0.39, 0.29) is 5.41 Å². The molecule has 0 fully saturated rings. The van der Waals surface area contributed by atoms with E-state index in [1.54, 1.807) is 0 Å². The summed E-state index contributed by atoms with van der Waals surface area (Å²) in [6, 6.07) is 24.4. The van der Waals surface area contributed by atoms with E-state index in [9.17, 15) is 0 Å². The highest BCUT2D eigenvalue weighted by molar-refractivity contribution is 7.99. The number of rotatable bonds is 1. The first-order chi connectivity index (χ1) is 11.9. The molecule has 1 heterocycles. The number of anilines is 3. The molecule has 0 unspecified atom stereocenters. The van der Waals surface area contributed by atoms with E-state index in [0.717, 1.165) is 0 Å². The average molecular weight is 346 g/mol. The summed E-state index contributed by atoms with van der Waals surface area (Å²) in [7, 11) is 0. The maximum Gasteiger partial charge on any atom is 0.0601 e. The van der Waals surface area contributed by atoms with E-state index in [1.165, 1.54) is 38.0 Å². The molecule has 0 aliphatic carbocycles. The van der Waals surface area contributed by atoms with E-state index >= 15 is 0 Å². The highest BCUT2D eigenvalue weighted by Crippen LogP contribution is 2.51. The van der Waals surface area contributed by atoms with Gasteiger partial charge in [0, 0.05) is 15.5 Å². The van der Waals surface area contributed by atoms with Crippen LogP contribution >= 0.6 is 11.8 Å². The van der Waals surface area contributed by atoms with Gasteiger partial charge in [0.05, 0.1) is 11.4 Å². The van der Waals surface area contributed by atoms with Gasteiger partial charge in [0.15, 0.2) is 0 Å². The molecule has 25 heavy (non-hydrogen) atoms. The second-order valence-corrected chi connectivity index (χ2v) is 8.76. The summed E-state index contributed by atoms with van der Waals surface area (Å²) >= 11 is 1.86. The third-order valence-electron chi connectivity index (χ3n) is 4.67. The summed E-state index contributed by atoms with van der Waals surface area (Å²) in [6.07, 6.45) is 0. The first kappa shape index (κ1) is 16.3. The van der Waals surface area contributed by atoms with Crippen molar-refractivity contribution in [2.45, 2.75) is 42.9 Å². The van der Waals surface area contributed by atoms with Crippen molar-refractivity contribution < 1.29 is 0 Å². The van der Waals surface area contributed by atoms with Crippen molar-refractivity contribution in [1.82, 2.24) is 0 Å². The molecule has 0 radical (unpaired) electrons. The topological polar surface area (TPSA) is 3.24 Å². The molecule has 4 rings (SSSR count). The predicted molar refractivity (Wildman–Crippen MR) is 109 cm³/mol. The molecule has 126 valence electrons. The van der Waals surface area contributed by atoms with Crippen molar-refractivity contribution >= 4 is 28.8 Å². The molecule has 1 aliphatic heterocycles. The van der Waals surface area contributed by atoms with Crippen LogP contribution in [0.15, 0.2) is 76.5 Å². The maximum atomic E-state index is 2.38. The van der Waals surface area contributed by atoms with Gasteiger partial charge in [-0.3, -0.25) is 0 Å². The van der Waals surface area contributed by atoms with Crippen molar-refractivity contribution in [3.8, 4) is 0 Å². The summed E-state index contributed by atoms with van der Waals surface area (Å²) in [4.78, 5) is 5.01. The van der Waals surface area contributed by atoms with Crippen LogP contribution in [0.3, 0.4) is 0 Å². The summed E-state index contributed by atoms with van der Waals surface area (Å²) in [5.41, 5.74) is 6.56. The van der Waals surface area contributed by atoms with Gasteiger partial charge in [0.2, 0.25) is 0 Å². The van der Waals surface area contributed by atoms with Crippen LogP contribution in [0.1, 0.15) is 31.9 Å². The highest BCUT2D eigenvalue weighted by Gasteiger charge is 2.25. The van der Waals surface area contributed by atoms with Gasteiger partial charge in [-0.2, -0.15) is 0 Å². The van der Waals surface area contributed by atoms with Crippen LogP contribution in [-0.4, -0.2) is 0 Å². The SMILES string of the molecule is Cc1ccc2c(c1)Sc1ccccc1N2c1ccc(C(C)(C)C)cc1. The molecule has 0 saturated carbocycles. The molecule has 1 nitrogen and oxygen atoms in total. The van der Waals surface area contributed by atoms with Gasteiger partial charge >= 0.3 is 0 Å². The Kier molecular flexibility index (Phi) is 3.88. The van der Waals surface area contributed by atoms with E-state index < -0.39 is 0 Å². The number of hydrogen-bond donors (Lipinski definition) is 0. The molecular formula is C23H23NS. The molecular weight excluding hydrogens is 322 g/mol. The molecule has 3 aromatic rings. The van der Waals surface area contributed by atoms with Crippen LogP contribution in [-0.2, 0) is 5.41 Å². The molecule has 0 bridgehead atoms. The van der Waals surface area contributed by atoms with Gasteiger partial charge in [0.1, 0.15) is 0 Å². The third-order valence-corrected chi connectivity index (χ3v) is 5.79. The number of aryl methyl sites for hydroxylation is 1. The Bertz CT molecular complexity index is 920. The van der Waals surface area contributed by atoms with Crippen LogP contribution in [0.25, 0.3) is 0 Å². The fourth-order valence-corrected chi connectivity index (χ4v) is 4.41. The quantitative estimate of drug-likeness (QED) is 0.358. The Morgan fingerprint density at radius 3 is 2.16 bits per heavy atom. The Hall–Kier alpha value is -2.19. The zero-order valence-electron chi connectivity index (χ0n) is 15.2. The van der Waals surface area contributed by atoms with Crippen LogP contribution < -0.4 is 4.90 Å². The smallest absolute Gasteiger partial charge is 0.0601 e. The molecule has 0 atom stereocenters. The number of benzene rings is 3. The van der Waals surface area contributed by atoms with Gasteiger partial charge in [-0.1, -0.05) is 62.9 Å². The van der Waals surface area contributed by atoms with Gasteiger partial charge in [-0.25, -0.2) is 0 Å². The lowest BCUT2D eigenvalue weighted by Crippen LogP contribution is -2.16. The number of nitrogens with zero attached hydrogens (tertiary/aromatic N) is 1. The van der Waals surface area contributed by atoms with E-state index in [2.05, 4.69) is 99.3 Å². The monoisotopic (exact) mass is 345 g/mol. The van der Waals surface area contributed by atoms with Gasteiger partial charge in [-0.15, -0.1) is 0 Å². The lowest BCUT2D eigenvalue weighted by atomic mass is 9.87. The third kappa shape index (κ3) is 2.96. The minimum Gasteiger partial charge on any atom is -0.308 e. The molecule has 0 amide bonds. The Labute approximate surface area is 154 Å². The molecule has 0 aromatic heterocycles. The Balaban J connectivity index is 1.87. The normalized spacial score (nSPS) is 13.4. The summed E-state index contributed by atoms with van der Waals surface area (Å²) in [5, 5.41) is 0.